The molecule has 1 heterocycles. The molecule has 1 aromatic carbocycles. The summed E-state index contributed by atoms with van der Waals surface area (Å²) in [6, 6.07) is 7.87. The van der Waals surface area contributed by atoms with Crippen molar-refractivity contribution in [3.8, 4) is 0 Å². The van der Waals surface area contributed by atoms with E-state index in [4.69, 9.17) is 0 Å². The van der Waals surface area contributed by atoms with Crippen molar-refractivity contribution in [1.82, 2.24) is 14.9 Å². The minimum absolute atomic E-state index is 0.0943. The Bertz CT molecular complexity index is 649. The molecule has 5 heteroatoms. The monoisotopic (exact) mass is 273 g/mol. The second-order valence-corrected chi connectivity index (χ2v) is 5.31. The molecule has 0 unspecified atom stereocenters. The molecule has 0 aliphatic heterocycles. The zero-order valence-electron chi connectivity index (χ0n) is 11.4. The maximum atomic E-state index is 12.0. The van der Waals surface area contributed by atoms with Crippen LogP contribution in [-0.4, -0.2) is 39.2 Å². The van der Waals surface area contributed by atoms with Gasteiger partial charge in [-0.3, -0.25) is 9.69 Å². The predicted octanol–water partition coefficient (Wildman–Crippen LogP) is 1.27. The van der Waals surface area contributed by atoms with Crippen LogP contribution in [0.4, 0.5) is 0 Å². The minimum Gasteiger partial charge on any atom is -0.395 e. The molecule has 0 atom stereocenters. The van der Waals surface area contributed by atoms with Crippen LogP contribution < -0.4 is 5.56 Å². The Morgan fingerprint density at radius 2 is 2.15 bits per heavy atom. The molecule has 1 fully saturated rings. The molecule has 2 N–H and O–H groups in total. The Hall–Kier alpha value is -1.72. The summed E-state index contributed by atoms with van der Waals surface area (Å²) in [7, 11) is 0. The van der Waals surface area contributed by atoms with Crippen molar-refractivity contribution >= 4 is 10.9 Å². The summed E-state index contributed by atoms with van der Waals surface area (Å²) in [5.41, 5.74) is 0.631. The quantitative estimate of drug-likeness (QED) is 0.861. The molecule has 1 aliphatic carbocycles. The summed E-state index contributed by atoms with van der Waals surface area (Å²) in [4.78, 5) is 21.6. The molecule has 0 saturated heterocycles. The number of aliphatic hydroxyl groups excluding tert-OH is 1. The molecule has 5 nitrogen and oxygen atoms in total. The van der Waals surface area contributed by atoms with E-state index in [1.54, 1.807) is 6.07 Å². The molecular weight excluding hydrogens is 254 g/mol. The van der Waals surface area contributed by atoms with Crippen LogP contribution in [0.25, 0.3) is 10.9 Å². The fourth-order valence-electron chi connectivity index (χ4n) is 2.67. The number of rotatable bonds is 5. The van der Waals surface area contributed by atoms with Gasteiger partial charge in [-0.25, -0.2) is 4.98 Å². The zero-order chi connectivity index (χ0) is 13.9. The first kappa shape index (κ1) is 13.3. The van der Waals surface area contributed by atoms with Crippen LogP contribution in [-0.2, 0) is 6.54 Å². The molecule has 2 aromatic rings. The Labute approximate surface area is 117 Å². The molecule has 1 aromatic heterocycles. The van der Waals surface area contributed by atoms with Crippen LogP contribution in [0.3, 0.4) is 0 Å². The van der Waals surface area contributed by atoms with Crippen LogP contribution in [0.5, 0.6) is 0 Å². The van der Waals surface area contributed by atoms with E-state index in [1.807, 2.05) is 18.2 Å². The standard InChI is InChI=1S/C15H19N3O2/c19-9-8-18(11-4-3-5-11)10-14-16-13-7-2-1-6-12(13)15(20)17-14/h1-2,6-7,11,19H,3-5,8-10H2,(H,16,17,20). The van der Waals surface area contributed by atoms with Crippen molar-refractivity contribution in [2.24, 2.45) is 0 Å². The Kier molecular flexibility index (Phi) is 3.80. The van der Waals surface area contributed by atoms with Crippen LogP contribution >= 0.6 is 0 Å². The Balaban J connectivity index is 1.87. The highest BCUT2D eigenvalue weighted by Crippen LogP contribution is 2.25. The van der Waals surface area contributed by atoms with E-state index in [0.29, 0.717) is 30.3 Å². The SMILES string of the molecule is O=c1[nH]c(CN(CCO)C2CCC2)nc2ccccc12. The molecule has 1 aliphatic rings. The summed E-state index contributed by atoms with van der Waals surface area (Å²) in [6.45, 7) is 1.35. The minimum atomic E-state index is -0.0943. The first-order chi connectivity index (χ1) is 9.78. The average molecular weight is 273 g/mol. The van der Waals surface area contributed by atoms with Gasteiger partial charge >= 0.3 is 0 Å². The smallest absolute Gasteiger partial charge is 0.258 e. The van der Waals surface area contributed by atoms with Gasteiger partial charge in [0, 0.05) is 12.6 Å². The second kappa shape index (κ2) is 5.73. The normalized spacial score (nSPS) is 15.7. The highest BCUT2D eigenvalue weighted by molar-refractivity contribution is 5.77. The van der Waals surface area contributed by atoms with E-state index in [-0.39, 0.29) is 12.2 Å². The molecule has 0 spiro atoms. The number of fused-ring (bicyclic) bond motifs is 1. The number of aromatic nitrogens is 2. The third-order valence-electron chi connectivity index (χ3n) is 3.99. The topological polar surface area (TPSA) is 69.2 Å². The number of para-hydroxylation sites is 1. The number of hydrogen-bond donors (Lipinski definition) is 2. The predicted molar refractivity (Wildman–Crippen MR) is 77.5 cm³/mol. The van der Waals surface area contributed by atoms with Crippen molar-refractivity contribution in [3.05, 3.63) is 40.4 Å². The lowest BCUT2D eigenvalue weighted by atomic mass is 9.91. The van der Waals surface area contributed by atoms with Crippen LogP contribution in [0, 0.1) is 0 Å². The highest BCUT2D eigenvalue weighted by Gasteiger charge is 2.25. The largest absolute Gasteiger partial charge is 0.395 e. The molecule has 20 heavy (non-hydrogen) atoms. The molecule has 0 amide bonds. The lowest BCUT2D eigenvalue weighted by Gasteiger charge is -2.36. The van der Waals surface area contributed by atoms with E-state index >= 15 is 0 Å². The second-order valence-electron chi connectivity index (χ2n) is 5.31. The van der Waals surface area contributed by atoms with Gasteiger partial charge in [0.25, 0.3) is 5.56 Å². The van der Waals surface area contributed by atoms with Gasteiger partial charge in [-0.15, -0.1) is 0 Å². The summed E-state index contributed by atoms with van der Waals surface area (Å²) < 4.78 is 0. The van der Waals surface area contributed by atoms with Crippen molar-refractivity contribution < 1.29 is 5.11 Å². The highest BCUT2D eigenvalue weighted by atomic mass is 16.3. The van der Waals surface area contributed by atoms with Crippen molar-refractivity contribution in [3.63, 3.8) is 0 Å². The van der Waals surface area contributed by atoms with Crippen LogP contribution in [0.2, 0.25) is 0 Å². The lowest BCUT2D eigenvalue weighted by Crippen LogP contribution is -2.41. The fourth-order valence-corrected chi connectivity index (χ4v) is 2.67. The average Bonchev–Trinajstić information content (AvgIpc) is 2.37. The molecular formula is C15H19N3O2. The molecule has 106 valence electrons. The van der Waals surface area contributed by atoms with Crippen molar-refractivity contribution in [1.29, 1.82) is 0 Å². The molecule has 0 radical (unpaired) electrons. The number of H-pyrrole nitrogens is 1. The number of nitrogens with zero attached hydrogens (tertiary/aromatic N) is 2. The van der Waals surface area contributed by atoms with Gasteiger partial charge in [0.1, 0.15) is 5.82 Å². The maximum absolute atomic E-state index is 12.0. The van der Waals surface area contributed by atoms with E-state index in [9.17, 15) is 9.90 Å². The third kappa shape index (κ3) is 2.59. The Morgan fingerprint density at radius 3 is 2.85 bits per heavy atom. The molecule has 0 bridgehead atoms. The summed E-state index contributed by atoms with van der Waals surface area (Å²) in [5, 5.41) is 9.79. The van der Waals surface area contributed by atoms with Gasteiger partial charge in [0.15, 0.2) is 0 Å². The third-order valence-corrected chi connectivity index (χ3v) is 3.99. The number of aliphatic hydroxyl groups is 1. The van der Waals surface area contributed by atoms with Gasteiger partial charge in [-0.1, -0.05) is 18.6 Å². The number of hydrogen-bond acceptors (Lipinski definition) is 4. The molecule has 1 saturated carbocycles. The number of nitrogens with one attached hydrogen (secondary N) is 1. The zero-order valence-corrected chi connectivity index (χ0v) is 11.4. The van der Waals surface area contributed by atoms with E-state index < -0.39 is 0 Å². The first-order valence-corrected chi connectivity index (χ1v) is 7.11. The summed E-state index contributed by atoms with van der Waals surface area (Å²) in [5.74, 6) is 0.675. The summed E-state index contributed by atoms with van der Waals surface area (Å²) in [6.07, 6.45) is 3.57. The Morgan fingerprint density at radius 1 is 1.35 bits per heavy atom. The van der Waals surface area contributed by atoms with Gasteiger partial charge in [-0.05, 0) is 25.0 Å². The molecule has 3 rings (SSSR count). The maximum Gasteiger partial charge on any atom is 0.258 e. The lowest BCUT2D eigenvalue weighted by molar-refractivity contribution is 0.0921. The summed E-state index contributed by atoms with van der Waals surface area (Å²) >= 11 is 0. The van der Waals surface area contributed by atoms with E-state index in [1.165, 1.54) is 6.42 Å². The van der Waals surface area contributed by atoms with Gasteiger partial charge < -0.3 is 10.1 Å². The van der Waals surface area contributed by atoms with E-state index in [2.05, 4.69) is 14.9 Å². The van der Waals surface area contributed by atoms with Gasteiger partial charge in [0.2, 0.25) is 0 Å². The van der Waals surface area contributed by atoms with Crippen LogP contribution in [0.15, 0.2) is 29.1 Å². The van der Waals surface area contributed by atoms with Crippen LogP contribution in [0.1, 0.15) is 25.1 Å². The number of aromatic amines is 1. The van der Waals surface area contributed by atoms with Gasteiger partial charge in [0.05, 0.1) is 24.1 Å². The fraction of sp³-hybridized carbons (Fsp3) is 0.467. The first-order valence-electron chi connectivity index (χ1n) is 7.11. The van der Waals surface area contributed by atoms with E-state index in [0.717, 1.165) is 18.4 Å². The van der Waals surface area contributed by atoms with Gasteiger partial charge in [-0.2, -0.15) is 0 Å². The number of benzene rings is 1. The van der Waals surface area contributed by atoms with Crippen molar-refractivity contribution in [2.45, 2.75) is 31.8 Å². The van der Waals surface area contributed by atoms with Crippen molar-refractivity contribution in [2.75, 3.05) is 13.2 Å².